The molecule has 0 aliphatic carbocycles. The quantitative estimate of drug-likeness (QED) is 0.404. The summed E-state index contributed by atoms with van der Waals surface area (Å²) in [4.78, 5) is 12.6. The fraction of sp³-hybridized carbons (Fsp3) is 0.217. The Balaban J connectivity index is 1.76. The molecule has 0 aliphatic rings. The van der Waals surface area contributed by atoms with Gasteiger partial charge in [0.15, 0.2) is 11.5 Å². The number of nitrogens with one attached hydrogen (secondary N) is 1. The zero-order chi connectivity index (χ0) is 21.5. The van der Waals surface area contributed by atoms with Crippen molar-refractivity contribution in [2.24, 2.45) is 5.10 Å². The summed E-state index contributed by atoms with van der Waals surface area (Å²) in [6.07, 6.45) is 6.13. The van der Waals surface area contributed by atoms with Crippen LogP contribution in [0.25, 0.3) is 5.69 Å². The molecule has 30 heavy (non-hydrogen) atoms. The van der Waals surface area contributed by atoms with Crippen LogP contribution >= 0.6 is 11.6 Å². The molecule has 1 heterocycles. The summed E-state index contributed by atoms with van der Waals surface area (Å²) in [7, 11) is 1.55. The monoisotopic (exact) mass is 425 g/mol. The van der Waals surface area contributed by atoms with E-state index >= 15 is 0 Å². The summed E-state index contributed by atoms with van der Waals surface area (Å²) < 4.78 is 13.1. The number of carbonyl (C=O) groups excluding carboxylic acids is 1. The number of para-hydroxylation sites is 1. The first-order valence-electron chi connectivity index (χ1n) is 9.63. The average Bonchev–Trinajstić information content (AvgIpc) is 3.29. The van der Waals surface area contributed by atoms with E-state index in [4.69, 9.17) is 21.1 Å². The van der Waals surface area contributed by atoms with Crippen LogP contribution in [0.1, 0.15) is 36.2 Å². The number of rotatable bonds is 8. The van der Waals surface area contributed by atoms with Crippen LogP contribution in [0.5, 0.6) is 11.5 Å². The summed E-state index contributed by atoms with van der Waals surface area (Å²) in [5.74, 6) is 0.689. The minimum Gasteiger partial charge on any atom is -0.493 e. The second-order valence-electron chi connectivity index (χ2n) is 6.68. The molecular weight excluding hydrogens is 402 g/mol. The number of hydrogen-bond acceptors (Lipinski definition) is 4. The zero-order valence-electron chi connectivity index (χ0n) is 17.1. The van der Waals surface area contributed by atoms with Gasteiger partial charge in [0.1, 0.15) is 0 Å². The molecule has 2 aromatic carbocycles. The highest BCUT2D eigenvalue weighted by molar-refractivity contribution is 6.32. The maximum absolute atomic E-state index is 12.6. The minimum atomic E-state index is -0.315. The van der Waals surface area contributed by atoms with Crippen molar-refractivity contribution >= 4 is 23.7 Å². The average molecular weight is 426 g/mol. The van der Waals surface area contributed by atoms with Crippen LogP contribution in [0.4, 0.5) is 0 Å². The van der Waals surface area contributed by atoms with Crippen LogP contribution < -0.4 is 14.9 Å². The molecule has 1 atom stereocenters. The van der Waals surface area contributed by atoms with Gasteiger partial charge in [-0.3, -0.25) is 4.79 Å². The summed E-state index contributed by atoms with van der Waals surface area (Å²) >= 11 is 6.37. The summed E-state index contributed by atoms with van der Waals surface area (Å²) in [6.45, 7) is 4.00. The predicted molar refractivity (Wildman–Crippen MR) is 119 cm³/mol. The smallest absolute Gasteiger partial charge is 0.273 e. The fourth-order valence-corrected chi connectivity index (χ4v) is 3.09. The van der Waals surface area contributed by atoms with E-state index in [-0.39, 0.29) is 12.0 Å². The largest absolute Gasteiger partial charge is 0.493 e. The highest BCUT2D eigenvalue weighted by Crippen LogP contribution is 2.37. The van der Waals surface area contributed by atoms with Crippen molar-refractivity contribution < 1.29 is 14.3 Å². The Kier molecular flexibility index (Phi) is 7.14. The van der Waals surface area contributed by atoms with Crippen molar-refractivity contribution in [2.45, 2.75) is 26.4 Å². The molecule has 1 unspecified atom stereocenters. The predicted octanol–water partition coefficient (Wildman–Crippen LogP) is 5.08. The van der Waals surface area contributed by atoms with E-state index < -0.39 is 0 Å². The van der Waals surface area contributed by atoms with Crippen molar-refractivity contribution in [3.8, 4) is 17.2 Å². The van der Waals surface area contributed by atoms with E-state index in [1.165, 1.54) is 6.21 Å². The Morgan fingerprint density at radius 1 is 1.23 bits per heavy atom. The second-order valence-corrected chi connectivity index (χ2v) is 7.08. The lowest BCUT2D eigenvalue weighted by molar-refractivity contribution is 0.0955. The van der Waals surface area contributed by atoms with Gasteiger partial charge in [0.05, 0.1) is 35.7 Å². The molecule has 0 radical (unpaired) electrons. The molecule has 0 aliphatic heterocycles. The van der Waals surface area contributed by atoms with Crippen molar-refractivity contribution in [3.05, 3.63) is 77.1 Å². The molecule has 0 saturated heterocycles. The van der Waals surface area contributed by atoms with E-state index in [1.807, 2.05) is 61.1 Å². The van der Waals surface area contributed by atoms with Crippen molar-refractivity contribution in [1.29, 1.82) is 0 Å². The molecule has 6 nitrogen and oxygen atoms in total. The van der Waals surface area contributed by atoms with Crippen molar-refractivity contribution in [3.63, 3.8) is 0 Å². The van der Waals surface area contributed by atoms with Gasteiger partial charge in [-0.15, -0.1) is 0 Å². The number of hydrogen-bond donors (Lipinski definition) is 1. The first kappa shape index (κ1) is 21.5. The van der Waals surface area contributed by atoms with E-state index in [1.54, 1.807) is 25.3 Å². The van der Waals surface area contributed by atoms with Crippen LogP contribution in [-0.4, -0.2) is 29.9 Å². The topological polar surface area (TPSA) is 64.8 Å². The molecule has 3 aromatic rings. The number of carbonyl (C=O) groups is 1. The van der Waals surface area contributed by atoms with Gasteiger partial charge in [-0.05, 0) is 55.3 Å². The van der Waals surface area contributed by atoms with Crippen molar-refractivity contribution in [1.82, 2.24) is 9.99 Å². The molecule has 1 amide bonds. The molecule has 1 N–H and O–H groups in total. The van der Waals surface area contributed by atoms with Crippen LogP contribution in [0, 0.1) is 0 Å². The molecule has 0 fully saturated rings. The molecule has 156 valence electrons. The number of methoxy groups -OCH3 is 1. The molecule has 7 heteroatoms. The number of benzene rings is 2. The molecule has 1 aromatic heterocycles. The van der Waals surface area contributed by atoms with Gasteiger partial charge in [-0.2, -0.15) is 5.10 Å². The number of halogens is 1. The maximum Gasteiger partial charge on any atom is 0.273 e. The normalized spacial score (nSPS) is 12.0. The molecular formula is C23H24ClN3O3. The second kappa shape index (κ2) is 9.98. The Labute approximate surface area is 181 Å². The lowest BCUT2D eigenvalue weighted by Gasteiger charge is -2.17. The molecule has 0 saturated carbocycles. The first-order valence-corrected chi connectivity index (χ1v) is 10.0. The number of nitrogens with zero attached hydrogens (tertiary/aromatic N) is 2. The third-order valence-corrected chi connectivity index (χ3v) is 4.84. The third kappa shape index (κ3) is 5.02. The van der Waals surface area contributed by atoms with Gasteiger partial charge in [0.2, 0.25) is 0 Å². The number of hydrazone groups is 1. The van der Waals surface area contributed by atoms with Crippen LogP contribution in [0.3, 0.4) is 0 Å². The van der Waals surface area contributed by atoms with Crippen LogP contribution in [-0.2, 0) is 0 Å². The van der Waals surface area contributed by atoms with Gasteiger partial charge >= 0.3 is 0 Å². The number of aromatic nitrogens is 1. The molecule has 3 rings (SSSR count). The molecule has 0 spiro atoms. The van der Waals surface area contributed by atoms with E-state index in [0.717, 1.165) is 12.1 Å². The first-order chi connectivity index (χ1) is 14.5. The SMILES string of the molecule is CCC(C)Oc1c(Cl)cc(C=NNC(=O)c2ccccc2-n2cccc2)cc1OC. The number of amides is 1. The highest BCUT2D eigenvalue weighted by atomic mass is 35.5. The van der Waals surface area contributed by atoms with Gasteiger partial charge < -0.3 is 14.0 Å². The van der Waals surface area contributed by atoms with Gasteiger partial charge in [-0.1, -0.05) is 30.7 Å². The standard InChI is InChI=1S/C23H24ClN3O3/c1-4-16(2)30-22-19(24)13-17(14-21(22)29-3)15-25-26-23(28)18-9-5-6-10-20(18)27-11-7-8-12-27/h5-16H,4H2,1-3H3,(H,26,28). The molecule has 0 bridgehead atoms. The van der Waals surface area contributed by atoms with Gasteiger partial charge in [0, 0.05) is 12.4 Å². The van der Waals surface area contributed by atoms with Crippen LogP contribution in [0.2, 0.25) is 5.02 Å². The summed E-state index contributed by atoms with van der Waals surface area (Å²) in [5.41, 5.74) is 4.52. The van der Waals surface area contributed by atoms with Crippen molar-refractivity contribution in [2.75, 3.05) is 7.11 Å². The third-order valence-electron chi connectivity index (χ3n) is 4.56. The minimum absolute atomic E-state index is 0.00979. The summed E-state index contributed by atoms with van der Waals surface area (Å²) in [5, 5.41) is 4.49. The Morgan fingerprint density at radius 2 is 1.97 bits per heavy atom. The Hall–Kier alpha value is -3.25. The van der Waals surface area contributed by atoms with E-state index in [9.17, 15) is 4.79 Å². The van der Waals surface area contributed by atoms with Gasteiger partial charge in [-0.25, -0.2) is 5.43 Å². The summed E-state index contributed by atoms with van der Waals surface area (Å²) in [6, 6.07) is 14.6. The lowest BCUT2D eigenvalue weighted by atomic mass is 10.1. The van der Waals surface area contributed by atoms with E-state index in [2.05, 4.69) is 10.5 Å². The maximum atomic E-state index is 12.6. The Morgan fingerprint density at radius 3 is 2.67 bits per heavy atom. The number of ether oxygens (including phenoxy) is 2. The lowest BCUT2D eigenvalue weighted by Crippen LogP contribution is -2.19. The van der Waals surface area contributed by atoms with E-state index in [0.29, 0.717) is 27.6 Å². The highest BCUT2D eigenvalue weighted by Gasteiger charge is 2.14. The fourth-order valence-electron chi connectivity index (χ4n) is 2.82. The zero-order valence-corrected chi connectivity index (χ0v) is 17.9. The van der Waals surface area contributed by atoms with Gasteiger partial charge in [0.25, 0.3) is 5.91 Å². The Bertz CT molecular complexity index is 1030. The van der Waals surface area contributed by atoms with Crippen LogP contribution in [0.15, 0.2) is 66.0 Å².